The smallest absolute Gasteiger partial charge is 0.196 e. The topological polar surface area (TPSA) is 26.3 Å². The van der Waals surface area contributed by atoms with Crippen molar-refractivity contribution in [2.24, 2.45) is 0 Å². The number of rotatable bonds is 3. The Morgan fingerprint density at radius 2 is 2.22 bits per heavy atom. The summed E-state index contributed by atoms with van der Waals surface area (Å²) in [6, 6.07) is 0. The molecular weight excluding hydrogens is 158 g/mol. The number of ether oxygens (including phenoxy) is 1. The van der Waals surface area contributed by atoms with Gasteiger partial charge in [0.2, 0.25) is 0 Å². The van der Waals surface area contributed by atoms with Gasteiger partial charge in [-0.1, -0.05) is 18.2 Å². The third-order valence-corrected chi connectivity index (χ3v) is 5.02. The molecule has 0 aromatic carbocycles. The molecule has 0 amide bonds. The molecule has 9 heavy (non-hydrogen) atoms. The molecule has 0 N–H and O–H groups in total. The molecule has 0 bridgehead atoms. The fraction of sp³-hybridized carbons (Fsp3) is 1.00. The van der Waals surface area contributed by atoms with Gasteiger partial charge < -0.3 is 9.30 Å². The fourth-order valence-corrected chi connectivity index (χ4v) is 1.48. The van der Waals surface area contributed by atoms with Gasteiger partial charge in [-0.15, -0.1) is 0 Å². The van der Waals surface area contributed by atoms with Crippen LogP contribution in [0.2, 0.25) is 0 Å². The van der Waals surface area contributed by atoms with Crippen LogP contribution in [0.5, 0.6) is 0 Å². The van der Waals surface area contributed by atoms with E-state index in [0.29, 0.717) is 6.16 Å². The van der Waals surface area contributed by atoms with Crippen LogP contribution in [0.25, 0.3) is 0 Å². The molecule has 0 rings (SSSR count). The third kappa shape index (κ3) is 2.70. The highest BCUT2D eigenvalue weighted by atomic mass is 35.7. The summed E-state index contributed by atoms with van der Waals surface area (Å²) in [7, 11) is 1.51. The molecule has 4 heteroatoms. The van der Waals surface area contributed by atoms with Crippen LogP contribution in [0.4, 0.5) is 0 Å². The van der Waals surface area contributed by atoms with E-state index >= 15 is 0 Å². The first-order valence-electron chi connectivity index (χ1n) is 2.85. The van der Waals surface area contributed by atoms with E-state index in [1.807, 2.05) is 0 Å². The normalized spacial score (nSPS) is 20.9. The van der Waals surface area contributed by atoms with Crippen molar-refractivity contribution in [1.82, 2.24) is 0 Å². The van der Waals surface area contributed by atoms with Gasteiger partial charge in [0.25, 0.3) is 0 Å². The Labute approximate surface area is 60.7 Å². The van der Waals surface area contributed by atoms with Gasteiger partial charge in [0.15, 0.2) is 6.49 Å². The molecule has 0 heterocycles. The highest BCUT2D eigenvalue weighted by molar-refractivity contribution is 7.89. The van der Waals surface area contributed by atoms with Gasteiger partial charge in [-0.05, 0) is 6.92 Å². The lowest BCUT2D eigenvalue weighted by molar-refractivity contribution is 0.178. The lowest BCUT2D eigenvalue weighted by Gasteiger charge is -2.14. The van der Waals surface area contributed by atoms with Gasteiger partial charge in [0.05, 0.1) is 0 Å². The minimum atomic E-state index is -2.51. The maximum absolute atomic E-state index is 11.2. The van der Waals surface area contributed by atoms with Gasteiger partial charge in [-0.25, -0.2) is 0 Å². The molecule has 0 aliphatic carbocycles. The van der Waals surface area contributed by atoms with Crippen molar-refractivity contribution in [2.45, 2.75) is 19.7 Å². The first-order chi connectivity index (χ1) is 4.04. The second kappa shape index (κ2) is 3.60. The maximum atomic E-state index is 11.2. The third-order valence-electron chi connectivity index (χ3n) is 1.32. The summed E-state index contributed by atoms with van der Waals surface area (Å²) in [6.07, 6.45) is 0.490. The second-order valence-electron chi connectivity index (χ2n) is 1.85. The van der Waals surface area contributed by atoms with Gasteiger partial charge in [-0.3, -0.25) is 0 Å². The highest BCUT2D eigenvalue weighted by Gasteiger charge is 2.23. The molecule has 2 atom stereocenters. The summed E-state index contributed by atoms with van der Waals surface area (Å²) >= 11 is 5.60. The van der Waals surface area contributed by atoms with Crippen LogP contribution in [0.15, 0.2) is 0 Å². The van der Waals surface area contributed by atoms with Crippen LogP contribution in [0.3, 0.4) is 0 Å². The predicted octanol–water partition coefficient (Wildman–Crippen LogP) is 2.52. The zero-order valence-corrected chi connectivity index (χ0v) is 7.58. The van der Waals surface area contributed by atoms with Crippen LogP contribution >= 0.6 is 17.7 Å². The van der Waals surface area contributed by atoms with Crippen LogP contribution < -0.4 is 0 Å². The zero-order valence-electron chi connectivity index (χ0n) is 5.93. The van der Waals surface area contributed by atoms with Crippen molar-refractivity contribution in [3.05, 3.63) is 0 Å². The summed E-state index contributed by atoms with van der Waals surface area (Å²) in [6.45, 7) is 1.000. The average Bonchev–Trinajstić information content (AvgIpc) is 1.86. The van der Waals surface area contributed by atoms with Gasteiger partial charge in [0.1, 0.15) is 5.85 Å². The SMILES string of the molecule is CCP(=O)(Cl)C(C)OC. The molecule has 2 nitrogen and oxygen atoms in total. The second-order valence-corrected chi connectivity index (χ2v) is 6.34. The largest absolute Gasteiger partial charge is 0.373 e. The van der Waals surface area contributed by atoms with E-state index in [9.17, 15) is 4.57 Å². The van der Waals surface area contributed by atoms with E-state index in [1.54, 1.807) is 13.8 Å². The molecule has 2 unspecified atom stereocenters. The Morgan fingerprint density at radius 1 is 1.78 bits per heavy atom. The first kappa shape index (κ1) is 9.48. The van der Waals surface area contributed by atoms with E-state index in [2.05, 4.69) is 0 Å². The summed E-state index contributed by atoms with van der Waals surface area (Å²) in [5.74, 6) is -0.316. The summed E-state index contributed by atoms with van der Waals surface area (Å²) in [5, 5.41) is 0. The molecule has 0 fully saturated rings. The Bertz CT molecular complexity index is 126. The Morgan fingerprint density at radius 3 is 2.33 bits per heavy atom. The fourth-order valence-electron chi connectivity index (χ4n) is 0.415. The lowest BCUT2D eigenvalue weighted by Crippen LogP contribution is -2.03. The average molecular weight is 171 g/mol. The summed E-state index contributed by atoms with van der Waals surface area (Å²) in [4.78, 5) is 0. The van der Waals surface area contributed by atoms with Crippen LogP contribution in [0.1, 0.15) is 13.8 Å². The summed E-state index contributed by atoms with van der Waals surface area (Å²) < 4.78 is 16.0. The van der Waals surface area contributed by atoms with Crippen LogP contribution in [-0.4, -0.2) is 19.1 Å². The molecule has 0 aliphatic rings. The minimum Gasteiger partial charge on any atom is -0.373 e. The molecule has 0 aliphatic heterocycles. The van der Waals surface area contributed by atoms with E-state index in [-0.39, 0.29) is 5.85 Å². The molecule has 0 saturated heterocycles. The van der Waals surface area contributed by atoms with E-state index < -0.39 is 6.49 Å². The number of halogens is 1. The van der Waals surface area contributed by atoms with Crippen molar-refractivity contribution in [1.29, 1.82) is 0 Å². The summed E-state index contributed by atoms with van der Waals surface area (Å²) in [5.41, 5.74) is 0. The zero-order chi connectivity index (χ0) is 7.49. The van der Waals surface area contributed by atoms with Crippen LogP contribution in [-0.2, 0) is 9.30 Å². The molecule has 56 valence electrons. The molecule has 0 saturated carbocycles. The van der Waals surface area contributed by atoms with Crippen molar-refractivity contribution >= 4 is 17.7 Å². The van der Waals surface area contributed by atoms with E-state index in [0.717, 1.165) is 0 Å². The molecule has 0 aromatic heterocycles. The van der Waals surface area contributed by atoms with E-state index in [1.165, 1.54) is 7.11 Å². The molecule has 0 radical (unpaired) electrons. The van der Waals surface area contributed by atoms with Crippen molar-refractivity contribution < 1.29 is 9.30 Å². The number of methoxy groups -OCH3 is 1. The predicted molar refractivity (Wildman–Crippen MR) is 40.5 cm³/mol. The van der Waals surface area contributed by atoms with Crippen molar-refractivity contribution in [3.8, 4) is 0 Å². The highest BCUT2D eigenvalue weighted by Crippen LogP contribution is 2.55. The Kier molecular flexibility index (Phi) is 3.79. The lowest BCUT2D eigenvalue weighted by atomic mass is 10.9. The number of hydrogen-bond acceptors (Lipinski definition) is 2. The number of hydrogen-bond donors (Lipinski definition) is 0. The van der Waals surface area contributed by atoms with Crippen LogP contribution in [0, 0.1) is 0 Å². The maximum Gasteiger partial charge on any atom is 0.196 e. The minimum absolute atomic E-state index is 0.316. The van der Waals surface area contributed by atoms with E-state index in [4.69, 9.17) is 16.0 Å². The quantitative estimate of drug-likeness (QED) is 0.609. The monoisotopic (exact) mass is 170 g/mol. The Hall–Kier alpha value is 0.480. The molecule has 0 aromatic rings. The molecule has 0 spiro atoms. The molecular formula is C5H12ClO2P. The van der Waals surface area contributed by atoms with Crippen molar-refractivity contribution in [3.63, 3.8) is 0 Å². The Balaban J connectivity index is 3.98. The standard InChI is InChI=1S/C5H12ClO2P/c1-4-9(6,7)5(2)8-3/h5H,4H2,1-3H3. The van der Waals surface area contributed by atoms with Crippen molar-refractivity contribution in [2.75, 3.05) is 13.3 Å². The first-order valence-corrected chi connectivity index (χ1v) is 5.72. The van der Waals surface area contributed by atoms with Gasteiger partial charge in [-0.2, -0.15) is 0 Å². The van der Waals surface area contributed by atoms with Gasteiger partial charge >= 0.3 is 0 Å². The van der Waals surface area contributed by atoms with Gasteiger partial charge in [0, 0.05) is 13.3 Å².